The zero-order valence-electron chi connectivity index (χ0n) is 10.4. The van der Waals surface area contributed by atoms with E-state index in [4.69, 9.17) is 5.11 Å². The second-order valence-electron chi connectivity index (χ2n) is 4.12. The van der Waals surface area contributed by atoms with Crippen molar-refractivity contribution in [2.75, 3.05) is 0 Å². The third-order valence-corrected chi connectivity index (χ3v) is 2.90. The first kappa shape index (κ1) is 13.5. The van der Waals surface area contributed by atoms with Crippen molar-refractivity contribution in [3.63, 3.8) is 0 Å². The van der Waals surface area contributed by atoms with Crippen LogP contribution in [0, 0.1) is 10.1 Å². The second kappa shape index (κ2) is 5.36. The van der Waals surface area contributed by atoms with E-state index in [1.54, 1.807) is 24.3 Å². The molecule has 0 aliphatic heterocycles. The van der Waals surface area contributed by atoms with Gasteiger partial charge in [-0.15, -0.1) is 0 Å². The second-order valence-corrected chi connectivity index (χ2v) is 4.12. The maximum atomic E-state index is 10.9. The molecule has 5 nitrogen and oxygen atoms in total. The molecule has 2 aromatic rings. The Labute approximate surface area is 115 Å². The minimum Gasteiger partial charge on any atom is -0.477 e. The number of carbonyl (C=O) groups is 1. The van der Waals surface area contributed by atoms with Crippen molar-refractivity contribution in [1.29, 1.82) is 0 Å². The summed E-state index contributed by atoms with van der Waals surface area (Å²) in [5, 5.41) is 19.9. The Bertz CT molecular complexity index is 690. The quantitative estimate of drug-likeness (QED) is 0.679. The lowest BCUT2D eigenvalue weighted by molar-refractivity contribution is -0.385. The van der Waals surface area contributed by atoms with Crippen molar-refractivity contribution < 1.29 is 14.8 Å². The van der Waals surface area contributed by atoms with Crippen molar-refractivity contribution in [3.05, 3.63) is 70.3 Å². The fourth-order valence-electron chi connectivity index (χ4n) is 1.85. The fraction of sp³-hybridized carbons (Fsp3) is 0. The predicted molar refractivity (Wildman–Crippen MR) is 75.6 cm³/mol. The lowest BCUT2D eigenvalue weighted by atomic mass is 10.0. The first-order valence-corrected chi connectivity index (χ1v) is 5.77. The third kappa shape index (κ3) is 2.56. The minimum atomic E-state index is -1.31. The monoisotopic (exact) mass is 269 g/mol. The van der Waals surface area contributed by atoms with Crippen LogP contribution in [0.3, 0.4) is 0 Å². The van der Waals surface area contributed by atoms with Gasteiger partial charge in [0.1, 0.15) is 5.56 Å². The number of carboxylic acids is 1. The van der Waals surface area contributed by atoms with E-state index in [2.05, 4.69) is 6.58 Å². The van der Waals surface area contributed by atoms with Crippen molar-refractivity contribution in [2.45, 2.75) is 0 Å². The van der Waals surface area contributed by atoms with Gasteiger partial charge in [-0.05, 0) is 22.8 Å². The van der Waals surface area contributed by atoms with Crippen LogP contribution in [0.2, 0.25) is 0 Å². The van der Waals surface area contributed by atoms with Crippen LogP contribution in [0.15, 0.2) is 49.0 Å². The van der Waals surface area contributed by atoms with Crippen LogP contribution < -0.4 is 0 Å². The van der Waals surface area contributed by atoms with Gasteiger partial charge in [-0.2, -0.15) is 0 Å². The number of benzene rings is 2. The van der Waals surface area contributed by atoms with Gasteiger partial charge in [0.2, 0.25) is 0 Å². The molecule has 100 valence electrons. The summed E-state index contributed by atoms with van der Waals surface area (Å²) in [7, 11) is 0. The van der Waals surface area contributed by atoms with E-state index in [0.717, 1.165) is 11.1 Å². The van der Waals surface area contributed by atoms with Crippen LogP contribution >= 0.6 is 0 Å². The van der Waals surface area contributed by atoms with Gasteiger partial charge in [0.15, 0.2) is 0 Å². The molecule has 2 aromatic carbocycles. The van der Waals surface area contributed by atoms with E-state index in [1.807, 2.05) is 12.1 Å². The Kier molecular flexibility index (Phi) is 3.61. The third-order valence-electron chi connectivity index (χ3n) is 2.90. The normalized spacial score (nSPS) is 10.0. The summed E-state index contributed by atoms with van der Waals surface area (Å²) < 4.78 is 0. The molecule has 0 bridgehead atoms. The number of hydrogen-bond acceptors (Lipinski definition) is 3. The lowest BCUT2D eigenvalue weighted by Crippen LogP contribution is -2.02. The van der Waals surface area contributed by atoms with Crippen molar-refractivity contribution in [3.8, 4) is 11.1 Å². The Balaban J connectivity index is 2.52. The average Bonchev–Trinajstić information content (AvgIpc) is 2.46. The molecule has 0 heterocycles. The zero-order chi connectivity index (χ0) is 14.7. The van der Waals surface area contributed by atoms with Crippen LogP contribution in [-0.2, 0) is 0 Å². The zero-order valence-corrected chi connectivity index (χ0v) is 10.4. The smallest absolute Gasteiger partial charge is 0.342 e. The summed E-state index contributed by atoms with van der Waals surface area (Å²) in [4.78, 5) is 21.2. The van der Waals surface area contributed by atoms with Crippen LogP contribution in [-0.4, -0.2) is 16.0 Å². The summed E-state index contributed by atoms with van der Waals surface area (Å²) in [6.45, 7) is 3.65. The fourth-order valence-corrected chi connectivity index (χ4v) is 1.85. The molecule has 0 amide bonds. The number of rotatable bonds is 4. The van der Waals surface area contributed by atoms with E-state index in [0.29, 0.717) is 5.56 Å². The van der Waals surface area contributed by atoms with Gasteiger partial charge in [-0.1, -0.05) is 43.0 Å². The number of nitro groups is 1. The number of hydrogen-bond donors (Lipinski definition) is 1. The van der Waals surface area contributed by atoms with Gasteiger partial charge < -0.3 is 5.11 Å². The summed E-state index contributed by atoms with van der Waals surface area (Å²) in [5.74, 6) is -1.31. The molecular weight excluding hydrogens is 258 g/mol. The molecule has 1 N–H and O–H groups in total. The maximum absolute atomic E-state index is 10.9. The molecule has 2 rings (SSSR count). The maximum Gasteiger partial charge on any atom is 0.342 e. The number of nitro benzene ring substituents is 1. The molecule has 0 saturated heterocycles. The number of carboxylic acid groups (broad SMARTS) is 1. The molecule has 0 atom stereocenters. The van der Waals surface area contributed by atoms with E-state index < -0.39 is 16.6 Å². The highest BCUT2D eigenvalue weighted by Gasteiger charge is 2.20. The molecule has 0 fully saturated rings. The molecule has 0 spiro atoms. The van der Waals surface area contributed by atoms with Gasteiger partial charge in [-0.25, -0.2) is 4.79 Å². The Morgan fingerprint density at radius 1 is 1.15 bits per heavy atom. The van der Waals surface area contributed by atoms with Crippen LogP contribution in [0.5, 0.6) is 0 Å². The van der Waals surface area contributed by atoms with E-state index in [-0.39, 0.29) is 5.56 Å². The molecule has 0 saturated carbocycles. The van der Waals surface area contributed by atoms with Gasteiger partial charge in [0.05, 0.1) is 4.92 Å². The summed E-state index contributed by atoms with van der Waals surface area (Å²) in [6.07, 6.45) is 1.69. The molecule has 0 radical (unpaired) electrons. The van der Waals surface area contributed by atoms with Crippen LogP contribution in [0.25, 0.3) is 17.2 Å². The van der Waals surface area contributed by atoms with Crippen molar-refractivity contribution in [2.24, 2.45) is 0 Å². The minimum absolute atomic E-state index is 0.318. The largest absolute Gasteiger partial charge is 0.477 e. The van der Waals surface area contributed by atoms with Gasteiger partial charge in [0.25, 0.3) is 5.69 Å². The molecule has 0 aromatic heterocycles. The molecular formula is C15H11NO4. The Morgan fingerprint density at radius 2 is 1.75 bits per heavy atom. The first-order valence-electron chi connectivity index (χ1n) is 5.77. The average molecular weight is 269 g/mol. The summed E-state index contributed by atoms with van der Waals surface area (Å²) >= 11 is 0. The van der Waals surface area contributed by atoms with Gasteiger partial charge in [0, 0.05) is 6.07 Å². The summed E-state index contributed by atoms with van der Waals surface area (Å²) in [6, 6.07) is 11.3. The molecule has 0 unspecified atom stereocenters. The Morgan fingerprint density at radius 3 is 2.25 bits per heavy atom. The van der Waals surface area contributed by atoms with Crippen molar-refractivity contribution >= 4 is 17.7 Å². The molecule has 5 heteroatoms. The molecule has 0 aliphatic carbocycles. The van der Waals surface area contributed by atoms with Crippen molar-refractivity contribution in [1.82, 2.24) is 0 Å². The van der Waals surface area contributed by atoms with E-state index in [1.165, 1.54) is 12.1 Å². The lowest BCUT2D eigenvalue weighted by Gasteiger charge is -2.04. The highest BCUT2D eigenvalue weighted by atomic mass is 16.6. The standard InChI is InChI=1S/C15H11NO4/c1-2-10-3-5-11(6-4-10)12-7-8-13(15(17)18)14(9-12)16(19)20/h2-9H,1H2,(H,17,18). The van der Waals surface area contributed by atoms with Gasteiger partial charge in [-0.3, -0.25) is 10.1 Å². The first-order chi connectivity index (χ1) is 9.52. The highest BCUT2D eigenvalue weighted by molar-refractivity contribution is 5.93. The molecule has 20 heavy (non-hydrogen) atoms. The number of aromatic carboxylic acids is 1. The molecule has 0 aliphatic rings. The van der Waals surface area contributed by atoms with E-state index >= 15 is 0 Å². The van der Waals surface area contributed by atoms with Crippen LogP contribution in [0.4, 0.5) is 5.69 Å². The topological polar surface area (TPSA) is 80.4 Å². The summed E-state index contributed by atoms with van der Waals surface area (Å²) in [5.41, 5.74) is 1.57. The predicted octanol–water partition coefficient (Wildman–Crippen LogP) is 3.60. The van der Waals surface area contributed by atoms with Crippen LogP contribution in [0.1, 0.15) is 15.9 Å². The number of nitrogens with zero attached hydrogens (tertiary/aromatic N) is 1. The Hall–Kier alpha value is -2.95. The SMILES string of the molecule is C=Cc1ccc(-c2ccc(C(=O)O)c([N+](=O)[O-])c2)cc1. The van der Waals surface area contributed by atoms with Gasteiger partial charge >= 0.3 is 5.97 Å². The highest BCUT2D eigenvalue weighted by Crippen LogP contribution is 2.27. The van der Waals surface area contributed by atoms with E-state index in [9.17, 15) is 14.9 Å².